The van der Waals surface area contributed by atoms with Crippen molar-refractivity contribution in [3.8, 4) is 0 Å². The predicted molar refractivity (Wildman–Crippen MR) is 109 cm³/mol. The third-order valence-electron chi connectivity index (χ3n) is 5.24. The highest BCUT2D eigenvalue weighted by Crippen LogP contribution is 2.23. The van der Waals surface area contributed by atoms with Crippen molar-refractivity contribution in [3.63, 3.8) is 0 Å². The first-order chi connectivity index (χ1) is 12.6. The minimum atomic E-state index is 0.705. The number of aryl methyl sites for hydroxylation is 2. The molecular weight excluding hydrogens is 322 g/mol. The zero-order valence-corrected chi connectivity index (χ0v) is 16.3. The lowest BCUT2D eigenvalue weighted by atomic mass is 10.1. The average molecular weight is 351 g/mol. The van der Waals surface area contributed by atoms with E-state index in [1.165, 1.54) is 22.4 Å². The van der Waals surface area contributed by atoms with Crippen LogP contribution in [0.2, 0.25) is 0 Å². The molecule has 1 saturated heterocycles. The van der Waals surface area contributed by atoms with Gasteiger partial charge in [-0.05, 0) is 49.6 Å². The molecule has 0 amide bonds. The molecule has 1 aromatic heterocycles. The van der Waals surface area contributed by atoms with Crippen LogP contribution in [0.15, 0.2) is 41.5 Å². The molecule has 0 radical (unpaired) electrons. The minimum absolute atomic E-state index is 0.705. The Morgan fingerprint density at radius 1 is 1.04 bits per heavy atom. The summed E-state index contributed by atoms with van der Waals surface area (Å²) in [5.74, 6) is 0.954. The zero-order valence-electron chi connectivity index (χ0n) is 16.3. The third-order valence-corrected chi connectivity index (χ3v) is 5.24. The van der Waals surface area contributed by atoms with E-state index in [-0.39, 0.29) is 0 Å². The van der Waals surface area contributed by atoms with E-state index < -0.39 is 0 Å². The van der Waals surface area contributed by atoms with E-state index in [1.54, 1.807) is 0 Å². The van der Waals surface area contributed by atoms with Crippen molar-refractivity contribution < 1.29 is 0 Å². The van der Waals surface area contributed by atoms with Gasteiger partial charge in [0, 0.05) is 45.1 Å². The highest BCUT2D eigenvalue weighted by atomic mass is 15.3. The smallest absolute Gasteiger partial charge is 0.194 e. The number of guanidine groups is 1. The molecule has 0 unspecified atom stereocenters. The number of aliphatic imine (C=N–C) groups is 1. The van der Waals surface area contributed by atoms with Gasteiger partial charge in [-0.3, -0.25) is 9.98 Å². The summed E-state index contributed by atoms with van der Waals surface area (Å²) < 4.78 is 0. The van der Waals surface area contributed by atoms with Gasteiger partial charge in [0.15, 0.2) is 5.96 Å². The molecule has 3 rings (SSSR count). The summed E-state index contributed by atoms with van der Waals surface area (Å²) in [4.78, 5) is 13.7. The summed E-state index contributed by atoms with van der Waals surface area (Å²) in [6, 6.07) is 10.6. The molecule has 2 heterocycles. The lowest BCUT2D eigenvalue weighted by molar-refractivity contribution is 0.372. The van der Waals surface area contributed by atoms with Gasteiger partial charge in [-0.2, -0.15) is 0 Å². The number of hydrogen-bond acceptors (Lipinski definition) is 3. The quantitative estimate of drug-likeness (QED) is 0.682. The lowest BCUT2D eigenvalue weighted by Gasteiger charge is -2.38. The fraction of sp³-hybridized carbons (Fsp3) is 0.429. The Kier molecular flexibility index (Phi) is 5.76. The summed E-state index contributed by atoms with van der Waals surface area (Å²) in [6.45, 7) is 11.1. The van der Waals surface area contributed by atoms with E-state index in [0.29, 0.717) is 6.54 Å². The molecule has 1 N–H and O–H groups in total. The fourth-order valence-electron chi connectivity index (χ4n) is 3.44. The van der Waals surface area contributed by atoms with Crippen molar-refractivity contribution in [1.29, 1.82) is 0 Å². The number of anilines is 1. The first kappa shape index (κ1) is 18.2. The highest BCUT2D eigenvalue weighted by Gasteiger charge is 2.21. The third kappa shape index (κ3) is 3.98. The first-order valence-electron chi connectivity index (χ1n) is 9.27. The van der Waals surface area contributed by atoms with Gasteiger partial charge in [-0.1, -0.05) is 18.2 Å². The SMILES string of the molecule is CN=C(NCc1ncccc1C)N1CCN(c2cccc(C)c2C)CC1. The summed E-state index contributed by atoms with van der Waals surface area (Å²) in [6.07, 6.45) is 1.84. The van der Waals surface area contributed by atoms with Crippen LogP contribution in [0.3, 0.4) is 0 Å². The number of rotatable bonds is 3. The maximum absolute atomic E-state index is 4.47. The molecule has 26 heavy (non-hydrogen) atoms. The van der Waals surface area contributed by atoms with Gasteiger partial charge in [-0.15, -0.1) is 0 Å². The van der Waals surface area contributed by atoms with Gasteiger partial charge < -0.3 is 15.1 Å². The maximum atomic E-state index is 4.47. The molecule has 0 bridgehead atoms. The number of aromatic nitrogens is 1. The molecule has 0 spiro atoms. The molecule has 0 saturated carbocycles. The average Bonchev–Trinajstić information content (AvgIpc) is 2.66. The van der Waals surface area contributed by atoms with Gasteiger partial charge in [0.25, 0.3) is 0 Å². The summed E-state index contributed by atoms with van der Waals surface area (Å²) in [5, 5.41) is 3.47. The van der Waals surface area contributed by atoms with E-state index in [4.69, 9.17) is 0 Å². The van der Waals surface area contributed by atoms with Crippen molar-refractivity contribution in [2.75, 3.05) is 38.1 Å². The monoisotopic (exact) mass is 351 g/mol. The molecule has 1 aromatic carbocycles. The second-order valence-corrected chi connectivity index (χ2v) is 6.86. The largest absolute Gasteiger partial charge is 0.368 e. The molecule has 1 aliphatic rings. The summed E-state index contributed by atoms with van der Waals surface area (Å²) >= 11 is 0. The van der Waals surface area contributed by atoms with Crippen molar-refractivity contribution in [2.24, 2.45) is 4.99 Å². The van der Waals surface area contributed by atoms with Gasteiger partial charge >= 0.3 is 0 Å². The molecule has 0 atom stereocenters. The van der Waals surface area contributed by atoms with Crippen LogP contribution in [-0.4, -0.2) is 49.1 Å². The molecule has 1 aliphatic heterocycles. The minimum Gasteiger partial charge on any atom is -0.368 e. The van der Waals surface area contributed by atoms with Crippen LogP contribution in [0.1, 0.15) is 22.4 Å². The normalized spacial score (nSPS) is 15.3. The van der Waals surface area contributed by atoms with Crippen LogP contribution in [0, 0.1) is 20.8 Å². The number of nitrogens with zero attached hydrogens (tertiary/aromatic N) is 4. The number of benzene rings is 1. The van der Waals surface area contributed by atoms with Crippen LogP contribution in [-0.2, 0) is 6.54 Å². The van der Waals surface area contributed by atoms with Crippen molar-refractivity contribution in [1.82, 2.24) is 15.2 Å². The van der Waals surface area contributed by atoms with Crippen LogP contribution in [0.25, 0.3) is 0 Å². The number of nitrogens with one attached hydrogen (secondary N) is 1. The van der Waals surface area contributed by atoms with Crippen molar-refractivity contribution in [3.05, 3.63) is 58.9 Å². The Morgan fingerprint density at radius 3 is 2.46 bits per heavy atom. The Labute approximate surface area is 156 Å². The molecular formula is C21H29N5. The topological polar surface area (TPSA) is 43.8 Å². The maximum Gasteiger partial charge on any atom is 0.194 e. The predicted octanol–water partition coefficient (Wildman–Crippen LogP) is 2.90. The fourth-order valence-corrected chi connectivity index (χ4v) is 3.44. The van der Waals surface area contributed by atoms with Gasteiger partial charge in [-0.25, -0.2) is 0 Å². The van der Waals surface area contributed by atoms with E-state index in [2.05, 4.69) is 70.1 Å². The van der Waals surface area contributed by atoms with E-state index >= 15 is 0 Å². The van der Waals surface area contributed by atoms with Gasteiger partial charge in [0.05, 0.1) is 12.2 Å². The number of piperazine rings is 1. The van der Waals surface area contributed by atoms with Gasteiger partial charge in [0.1, 0.15) is 0 Å². The zero-order chi connectivity index (χ0) is 18.5. The summed E-state index contributed by atoms with van der Waals surface area (Å²) in [7, 11) is 1.85. The van der Waals surface area contributed by atoms with E-state index in [9.17, 15) is 0 Å². The highest BCUT2D eigenvalue weighted by molar-refractivity contribution is 5.80. The van der Waals surface area contributed by atoms with Crippen LogP contribution >= 0.6 is 0 Å². The Bertz CT molecular complexity index is 776. The Balaban J connectivity index is 1.59. The van der Waals surface area contributed by atoms with Crippen molar-refractivity contribution >= 4 is 11.6 Å². The van der Waals surface area contributed by atoms with Crippen LogP contribution < -0.4 is 10.2 Å². The summed E-state index contributed by atoms with van der Waals surface area (Å²) in [5.41, 5.74) is 6.37. The van der Waals surface area contributed by atoms with E-state index in [0.717, 1.165) is 37.8 Å². The van der Waals surface area contributed by atoms with Crippen LogP contribution in [0.5, 0.6) is 0 Å². The molecule has 0 aliphatic carbocycles. The standard InChI is InChI=1S/C21H29N5/c1-16-7-5-9-20(18(16)3)25-11-13-26(14-12-25)21(22-4)24-15-19-17(2)8-6-10-23-19/h5-10H,11-15H2,1-4H3,(H,22,24). The van der Waals surface area contributed by atoms with Gasteiger partial charge in [0.2, 0.25) is 0 Å². The Hall–Kier alpha value is -2.56. The first-order valence-corrected chi connectivity index (χ1v) is 9.27. The molecule has 1 fully saturated rings. The second-order valence-electron chi connectivity index (χ2n) is 6.86. The molecule has 5 nitrogen and oxygen atoms in total. The molecule has 138 valence electrons. The van der Waals surface area contributed by atoms with Crippen molar-refractivity contribution in [2.45, 2.75) is 27.3 Å². The van der Waals surface area contributed by atoms with E-state index in [1.807, 2.05) is 19.3 Å². The molecule has 2 aromatic rings. The lowest BCUT2D eigenvalue weighted by Crippen LogP contribution is -2.52. The second kappa shape index (κ2) is 8.21. The van der Waals surface area contributed by atoms with Crippen LogP contribution in [0.4, 0.5) is 5.69 Å². The number of pyridine rings is 1. The Morgan fingerprint density at radius 2 is 1.77 bits per heavy atom. The number of hydrogen-bond donors (Lipinski definition) is 1. The molecule has 5 heteroatoms.